The maximum atomic E-state index is 14.5. The van der Waals surface area contributed by atoms with Crippen LogP contribution in [0, 0.1) is 5.82 Å². The van der Waals surface area contributed by atoms with Gasteiger partial charge in [-0.05, 0) is 54.6 Å². The number of carbonyl (C=O) groups excluding carboxylic acids is 1. The highest BCUT2D eigenvalue weighted by Gasteiger charge is 2.50. The summed E-state index contributed by atoms with van der Waals surface area (Å²) in [5.41, 5.74) is 2.16. The molecule has 1 amide bonds. The van der Waals surface area contributed by atoms with Gasteiger partial charge in [-0.15, -0.1) is 0 Å². The quantitative estimate of drug-likeness (QED) is 0.253. The molecule has 3 aliphatic rings. The molecular formula is C32H29ClF3N5O2. The number of benzene rings is 3. The molecule has 0 spiro atoms. The fraction of sp³-hybridized carbons (Fsp3) is 0.344. The van der Waals surface area contributed by atoms with E-state index in [0.717, 1.165) is 21.9 Å². The molecule has 1 unspecified atom stereocenters. The van der Waals surface area contributed by atoms with Crippen LogP contribution in [0.1, 0.15) is 12.8 Å². The van der Waals surface area contributed by atoms with Gasteiger partial charge in [0.25, 0.3) is 5.91 Å². The highest BCUT2D eigenvalue weighted by atomic mass is 35.5. The number of anilines is 1. The second-order valence-corrected chi connectivity index (χ2v) is 11.9. The van der Waals surface area contributed by atoms with E-state index in [1.54, 1.807) is 6.07 Å². The monoisotopic (exact) mass is 607 g/mol. The average Bonchev–Trinajstić information content (AvgIpc) is 3.49. The number of nitrogens with zero attached hydrogens (tertiary/aromatic N) is 5. The lowest BCUT2D eigenvalue weighted by Crippen LogP contribution is -2.63. The molecule has 43 heavy (non-hydrogen) atoms. The van der Waals surface area contributed by atoms with Gasteiger partial charge < -0.3 is 14.5 Å². The lowest BCUT2D eigenvalue weighted by molar-refractivity contribution is -0.130. The minimum atomic E-state index is -0.962. The van der Waals surface area contributed by atoms with E-state index in [0.29, 0.717) is 49.2 Å². The molecule has 1 aromatic heterocycles. The van der Waals surface area contributed by atoms with Crippen molar-refractivity contribution in [2.45, 2.75) is 37.1 Å². The van der Waals surface area contributed by atoms with Gasteiger partial charge in [-0.1, -0.05) is 48.5 Å². The third kappa shape index (κ3) is 4.77. The predicted octanol–water partition coefficient (Wildman–Crippen LogP) is 5.94. The summed E-state index contributed by atoms with van der Waals surface area (Å²) in [6.07, 6.45) is 0.131. The molecule has 3 saturated heterocycles. The molecule has 0 radical (unpaired) electrons. The number of carbonyl (C=O) groups is 1. The molecule has 11 heteroatoms. The number of likely N-dealkylation sites (N-methyl/N-ethyl adjacent to an activating group) is 1. The summed E-state index contributed by atoms with van der Waals surface area (Å²) in [6, 6.07) is 14.3. The summed E-state index contributed by atoms with van der Waals surface area (Å²) in [5.74, 6) is -1.49. The van der Waals surface area contributed by atoms with Gasteiger partial charge in [0.05, 0.1) is 22.6 Å². The first-order valence-electron chi connectivity index (χ1n) is 14.3. The summed E-state index contributed by atoms with van der Waals surface area (Å²) in [4.78, 5) is 27.4. The Labute approximate surface area is 251 Å². The zero-order valence-electron chi connectivity index (χ0n) is 23.4. The Bertz CT molecular complexity index is 1790. The number of aromatic nitrogens is 2. The zero-order chi connectivity index (χ0) is 30.0. The van der Waals surface area contributed by atoms with Crippen LogP contribution in [0.5, 0.6) is 6.01 Å². The molecule has 4 heterocycles. The van der Waals surface area contributed by atoms with Crippen LogP contribution in [0.25, 0.3) is 32.8 Å². The van der Waals surface area contributed by atoms with Gasteiger partial charge in [0, 0.05) is 36.4 Å². The largest absolute Gasteiger partial charge is 0.462 e. The summed E-state index contributed by atoms with van der Waals surface area (Å²) < 4.78 is 48.2. The Morgan fingerprint density at radius 2 is 1.98 bits per heavy atom. The van der Waals surface area contributed by atoms with E-state index in [1.807, 2.05) is 48.3 Å². The van der Waals surface area contributed by atoms with Crippen molar-refractivity contribution < 1.29 is 22.7 Å². The fourth-order valence-corrected chi connectivity index (χ4v) is 7.02. The second kappa shape index (κ2) is 10.7. The smallest absolute Gasteiger partial charge is 0.319 e. The van der Waals surface area contributed by atoms with Crippen molar-refractivity contribution in [2.24, 2.45) is 0 Å². The molecule has 3 aromatic carbocycles. The van der Waals surface area contributed by atoms with E-state index >= 15 is 0 Å². The third-order valence-electron chi connectivity index (χ3n) is 9.00. The molecule has 4 atom stereocenters. The molecule has 0 N–H and O–H groups in total. The van der Waals surface area contributed by atoms with Gasteiger partial charge in [0.15, 0.2) is 5.83 Å². The number of hydrogen-bond acceptors (Lipinski definition) is 6. The maximum absolute atomic E-state index is 14.5. The number of alkyl halides is 1. The second-order valence-electron chi connectivity index (χ2n) is 11.5. The Kier molecular flexibility index (Phi) is 6.93. The van der Waals surface area contributed by atoms with Crippen LogP contribution in [-0.4, -0.2) is 83.3 Å². The fourth-order valence-electron chi connectivity index (χ4n) is 6.74. The molecule has 3 aliphatic heterocycles. The SMILES string of the molecule is C=C(F)C(=O)N1CCC2[C@H]1CN2c1nc(OC[C@@H]2C[C@@H](F)CN2C)nc2cc(-c3cccc4ccc(F)c(Cl)c34)ccc12. The topological polar surface area (TPSA) is 61.8 Å². The number of likely N-dealkylation sites (tertiary alicyclic amines) is 2. The Balaban J connectivity index is 1.28. The number of amides is 1. The first-order valence-corrected chi connectivity index (χ1v) is 14.7. The van der Waals surface area contributed by atoms with Crippen LogP contribution < -0.4 is 9.64 Å². The van der Waals surface area contributed by atoms with E-state index in [1.165, 1.54) is 11.0 Å². The van der Waals surface area contributed by atoms with Crippen LogP contribution >= 0.6 is 11.6 Å². The number of fused-ring (bicyclic) bond motifs is 3. The van der Waals surface area contributed by atoms with E-state index in [4.69, 9.17) is 26.3 Å². The molecular weight excluding hydrogens is 579 g/mol. The van der Waals surface area contributed by atoms with Gasteiger partial charge in [0.2, 0.25) is 0 Å². The van der Waals surface area contributed by atoms with Crippen molar-refractivity contribution >= 4 is 45.0 Å². The highest BCUT2D eigenvalue weighted by molar-refractivity contribution is 6.36. The Hall–Kier alpha value is -3.89. The number of rotatable bonds is 6. The molecule has 3 fully saturated rings. The Morgan fingerprint density at radius 3 is 2.74 bits per heavy atom. The molecule has 7 nitrogen and oxygen atoms in total. The van der Waals surface area contributed by atoms with E-state index < -0.39 is 23.7 Å². The van der Waals surface area contributed by atoms with Crippen LogP contribution in [0.3, 0.4) is 0 Å². The number of ether oxygens (including phenoxy) is 1. The van der Waals surface area contributed by atoms with Crippen molar-refractivity contribution in [3.05, 3.63) is 71.8 Å². The Morgan fingerprint density at radius 1 is 1.14 bits per heavy atom. The molecule has 0 saturated carbocycles. The standard InChI is InChI=1S/C32H29ClF3N5O2/c1-17(34)31(42)40-11-10-26-27(40)15-41(26)30-23-8-6-19(22-5-3-4-18-7-9-24(36)29(33)28(18)22)12-25(23)37-32(38-30)43-16-21-13-20(35)14-39(21)2/h3-9,12,20-21,26-27H,1,10-11,13-16H2,2H3/t20-,21+,26?,27-/m1/s1. The van der Waals surface area contributed by atoms with Crippen molar-refractivity contribution in [1.82, 2.24) is 19.8 Å². The van der Waals surface area contributed by atoms with Gasteiger partial charge in [-0.3, -0.25) is 9.69 Å². The van der Waals surface area contributed by atoms with Crippen molar-refractivity contribution in [3.63, 3.8) is 0 Å². The summed E-state index contributed by atoms with van der Waals surface area (Å²) in [7, 11) is 1.87. The lowest BCUT2D eigenvalue weighted by atomic mass is 9.95. The highest BCUT2D eigenvalue weighted by Crippen LogP contribution is 2.41. The zero-order valence-corrected chi connectivity index (χ0v) is 24.2. The minimum Gasteiger partial charge on any atom is -0.462 e. The number of halogens is 4. The van der Waals surface area contributed by atoms with Crippen molar-refractivity contribution in [3.8, 4) is 17.1 Å². The molecule has 0 bridgehead atoms. The first-order chi connectivity index (χ1) is 20.7. The van der Waals surface area contributed by atoms with Gasteiger partial charge in [0.1, 0.15) is 24.4 Å². The average molecular weight is 608 g/mol. The summed E-state index contributed by atoms with van der Waals surface area (Å²) >= 11 is 6.43. The van der Waals surface area contributed by atoms with Gasteiger partial charge in [-0.25, -0.2) is 13.2 Å². The van der Waals surface area contributed by atoms with E-state index in [2.05, 4.69) is 11.5 Å². The molecule has 0 aliphatic carbocycles. The van der Waals surface area contributed by atoms with Crippen molar-refractivity contribution in [2.75, 3.05) is 38.2 Å². The minimum absolute atomic E-state index is 0.0398. The third-order valence-corrected chi connectivity index (χ3v) is 9.37. The van der Waals surface area contributed by atoms with Gasteiger partial charge in [-0.2, -0.15) is 9.97 Å². The van der Waals surface area contributed by atoms with E-state index in [9.17, 15) is 18.0 Å². The summed E-state index contributed by atoms with van der Waals surface area (Å²) in [6.45, 7) is 4.66. The van der Waals surface area contributed by atoms with Crippen LogP contribution in [0.4, 0.5) is 19.0 Å². The van der Waals surface area contributed by atoms with Crippen molar-refractivity contribution in [1.29, 1.82) is 0 Å². The number of hydrogen-bond donors (Lipinski definition) is 0. The van der Waals surface area contributed by atoms with Crippen LogP contribution in [-0.2, 0) is 4.79 Å². The van der Waals surface area contributed by atoms with E-state index in [-0.39, 0.29) is 35.8 Å². The van der Waals surface area contributed by atoms with Crippen LogP contribution in [0.15, 0.2) is 60.9 Å². The van der Waals surface area contributed by atoms with Crippen LogP contribution in [0.2, 0.25) is 5.02 Å². The predicted molar refractivity (Wildman–Crippen MR) is 160 cm³/mol. The summed E-state index contributed by atoms with van der Waals surface area (Å²) in [5, 5.41) is 2.24. The normalized spacial score (nSPS) is 23.6. The first kappa shape index (κ1) is 27.9. The molecule has 7 rings (SSSR count). The van der Waals surface area contributed by atoms with Gasteiger partial charge >= 0.3 is 6.01 Å². The molecule has 4 aromatic rings. The maximum Gasteiger partial charge on any atom is 0.319 e. The lowest BCUT2D eigenvalue weighted by Gasteiger charge is -2.47. The molecule has 222 valence electrons.